The third-order valence-corrected chi connectivity index (χ3v) is 3.47. The van der Waals surface area contributed by atoms with Crippen LogP contribution in [0.1, 0.15) is 19.4 Å². The van der Waals surface area contributed by atoms with Crippen molar-refractivity contribution in [1.29, 1.82) is 0 Å². The van der Waals surface area contributed by atoms with Gasteiger partial charge in [0.1, 0.15) is 0 Å². The van der Waals surface area contributed by atoms with Crippen LogP contribution in [0.5, 0.6) is 0 Å². The zero-order chi connectivity index (χ0) is 19.6. The standard InChI is InChI=1S/C19H22N4O4/c1-3-27-17(24)10-7-15-5-8-16(9-6-15)22-19(26)18(25)21-14(2)13-23-12-4-11-20-23/h4-12,14H,3,13H2,1-2H3,(H,21,25)(H,22,26)/b10-7+/t14-/m0/s1. The van der Waals surface area contributed by atoms with E-state index in [1.54, 1.807) is 67.3 Å². The van der Waals surface area contributed by atoms with Crippen molar-refractivity contribution in [3.8, 4) is 0 Å². The summed E-state index contributed by atoms with van der Waals surface area (Å²) in [5.41, 5.74) is 1.24. The lowest BCUT2D eigenvalue weighted by atomic mass is 10.2. The molecular weight excluding hydrogens is 348 g/mol. The molecule has 0 aliphatic carbocycles. The summed E-state index contributed by atoms with van der Waals surface area (Å²) in [6.07, 6.45) is 6.35. The normalized spacial score (nSPS) is 11.8. The number of carbonyl (C=O) groups excluding carboxylic acids is 3. The molecule has 0 bridgehead atoms. The Balaban J connectivity index is 1.83. The Labute approximate surface area is 157 Å². The molecule has 2 N–H and O–H groups in total. The molecule has 2 aromatic rings. The number of nitrogens with one attached hydrogen (secondary N) is 2. The summed E-state index contributed by atoms with van der Waals surface area (Å²) >= 11 is 0. The maximum atomic E-state index is 12.0. The molecule has 0 aliphatic heterocycles. The van der Waals surface area contributed by atoms with Crippen molar-refractivity contribution in [2.24, 2.45) is 0 Å². The Morgan fingerprint density at radius 2 is 1.96 bits per heavy atom. The number of nitrogens with zero attached hydrogens (tertiary/aromatic N) is 2. The van der Waals surface area contributed by atoms with Crippen LogP contribution in [0.2, 0.25) is 0 Å². The molecule has 2 amide bonds. The van der Waals surface area contributed by atoms with Gasteiger partial charge in [0.25, 0.3) is 0 Å². The summed E-state index contributed by atoms with van der Waals surface area (Å²) in [5.74, 6) is -1.89. The van der Waals surface area contributed by atoms with Crippen LogP contribution >= 0.6 is 0 Å². The maximum Gasteiger partial charge on any atom is 0.330 e. The van der Waals surface area contributed by atoms with Gasteiger partial charge in [0.2, 0.25) is 0 Å². The van der Waals surface area contributed by atoms with E-state index >= 15 is 0 Å². The fraction of sp³-hybridized carbons (Fsp3) is 0.263. The van der Waals surface area contributed by atoms with Crippen LogP contribution in [0.3, 0.4) is 0 Å². The molecule has 0 spiro atoms. The summed E-state index contributed by atoms with van der Waals surface area (Å²) in [6, 6.07) is 8.24. The van der Waals surface area contributed by atoms with E-state index in [9.17, 15) is 14.4 Å². The number of hydrogen-bond donors (Lipinski definition) is 2. The number of amides is 2. The van der Waals surface area contributed by atoms with Gasteiger partial charge in [0.05, 0.1) is 13.2 Å². The van der Waals surface area contributed by atoms with Crippen LogP contribution < -0.4 is 10.6 Å². The van der Waals surface area contributed by atoms with Gasteiger partial charge in [0.15, 0.2) is 0 Å². The topological polar surface area (TPSA) is 102 Å². The summed E-state index contributed by atoms with van der Waals surface area (Å²) in [7, 11) is 0. The molecule has 1 heterocycles. The second-order valence-electron chi connectivity index (χ2n) is 5.76. The van der Waals surface area contributed by atoms with Gasteiger partial charge < -0.3 is 15.4 Å². The monoisotopic (exact) mass is 370 g/mol. The van der Waals surface area contributed by atoms with E-state index in [2.05, 4.69) is 15.7 Å². The maximum absolute atomic E-state index is 12.0. The molecule has 0 saturated heterocycles. The minimum Gasteiger partial charge on any atom is -0.463 e. The van der Waals surface area contributed by atoms with Crippen molar-refractivity contribution in [2.75, 3.05) is 11.9 Å². The first-order valence-electron chi connectivity index (χ1n) is 8.52. The Hall–Kier alpha value is -3.42. The lowest BCUT2D eigenvalue weighted by Crippen LogP contribution is -2.42. The average Bonchev–Trinajstić information content (AvgIpc) is 3.14. The number of hydrogen-bond acceptors (Lipinski definition) is 5. The Kier molecular flexibility index (Phi) is 7.30. The Bertz CT molecular complexity index is 798. The predicted molar refractivity (Wildman–Crippen MR) is 101 cm³/mol. The van der Waals surface area contributed by atoms with Crippen molar-refractivity contribution in [1.82, 2.24) is 15.1 Å². The SMILES string of the molecule is CCOC(=O)/C=C/c1ccc(NC(=O)C(=O)N[C@@H](C)Cn2cccn2)cc1. The van der Waals surface area contributed by atoms with Crippen LogP contribution in [0.15, 0.2) is 48.8 Å². The molecule has 0 aliphatic rings. The third kappa shape index (κ3) is 6.77. The first-order valence-corrected chi connectivity index (χ1v) is 8.52. The van der Waals surface area contributed by atoms with Gasteiger partial charge in [-0.15, -0.1) is 0 Å². The van der Waals surface area contributed by atoms with Crippen molar-refractivity contribution in [3.05, 3.63) is 54.4 Å². The van der Waals surface area contributed by atoms with E-state index in [0.717, 1.165) is 5.56 Å². The molecular formula is C19H22N4O4. The third-order valence-electron chi connectivity index (χ3n) is 3.47. The second kappa shape index (κ2) is 9.91. The highest BCUT2D eigenvalue weighted by molar-refractivity contribution is 6.39. The first-order chi connectivity index (χ1) is 13.0. The zero-order valence-electron chi connectivity index (χ0n) is 15.2. The zero-order valence-corrected chi connectivity index (χ0v) is 15.2. The number of esters is 1. The first kappa shape index (κ1) is 19.9. The molecule has 2 rings (SSSR count). The Morgan fingerprint density at radius 1 is 1.22 bits per heavy atom. The second-order valence-corrected chi connectivity index (χ2v) is 5.76. The van der Waals surface area contributed by atoms with Gasteiger partial charge in [-0.2, -0.15) is 5.10 Å². The number of rotatable bonds is 7. The quantitative estimate of drug-likeness (QED) is 0.438. The number of anilines is 1. The summed E-state index contributed by atoms with van der Waals surface area (Å²) in [4.78, 5) is 35.3. The van der Waals surface area contributed by atoms with Crippen LogP contribution in [0, 0.1) is 0 Å². The van der Waals surface area contributed by atoms with E-state index in [1.165, 1.54) is 6.08 Å². The van der Waals surface area contributed by atoms with Gasteiger partial charge in [-0.3, -0.25) is 14.3 Å². The summed E-state index contributed by atoms with van der Waals surface area (Å²) in [5, 5.41) is 9.20. The smallest absolute Gasteiger partial charge is 0.330 e. The van der Waals surface area contributed by atoms with Gasteiger partial charge >= 0.3 is 17.8 Å². The van der Waals surface area contributed by atoms with Crippen molar-refractivity contribution >= 4 is 29.5 Å². The van der Waals surface area contributed by atoms with E-state index in [-0.39, 0.29) is 6.04 Å². The lowest BCUT2D eigenvalue weighted by molar-refractivity contribution is -0.137. The molecule has 142 valence electrons. The molecule has 0 unspecified atom stereocenters. The van der Waals surface area contributed by atoms with Crippen molar-refractivity contribution in [2.45, 2.75) is 26.4 Å². The molecule has 0 fully saturated rings. The summed E-state index contributed by atoms with van der Waals surface area (Å²) in [6.45, 7) is 4.30. The van der Waals surface area contributed by atoms with E-state index in [4.69, 9.17) is 4.74 Å². The van der Waals surface area contributed by atoms with Crippen molar-refractivity contribution in [3.63, 3.8) is 0 Å². The molecule has 0 saturated carbocycles. The minimum absolute atomic E-state index is 0.251. The van der Waals surface area contributed by atoms with Gasteiger partial charge in [-0.1, -0.05) is 12.1 Å². The van der Waals surface area contributed by atoms with Crippen LogP contribution in [0.4, 0.5) is 5.69 Å². The fourth-order valence-corrected chi connectivity index (χ4v) is 2.24. The van der Waals surface area contributed by atoms with E-state index in [1.807, 2.05) is 0 Å². The predicted octanol–water partition coefficient (Wildman–Crippen LogP) is 1.60. The lowest BCUT2D eigenvalue weighted by Gasteiger charge is -2.13. The fourth-order valence-electron chi connectivity index (χ4n) is 2.24. The number of aromatic nitrogens is 2. The number of benzene rings is 1. The van der Waals surface area contributed by atoms with Crippen LogP contribution in [-0.4, -0.2) is 40.2 Å². The van der Waals surface area contributed by atoms with Crippen LogP contribution in [0.25, 0.3) is 6.08 Å². The number of carbonyl (C=O) groups is 3. The molecule has 0 radical (unpaired) electrons. The number of ether oxygens (including phenoxy) is 1. The van der Waals surface area contributed by atoms with E-state index < -0.39 is 17.8 Å². The molecule has 1 atom stereocenters. The molecule has 8 nitrogen and oxygen atoms in total. The van der Waals surface area contributed by atoms with E-state index in [0.29, 0.717) is 18.8 Å². The minimum atomic E-state index is -0.753. The largest absolute Gasteiger partial charge is 0.463 e. The highest BCUT2D eigenvalue weighted by Gasteiger charge is 2.16. The highest BCUT2D eigenvalue weighted by Crippen LogP contribution is 2.11. The average molecular weight is 370 g/mol. The molecule has 27 heavy (non-hydrogen) atoms. The highest BCUT2D eigenvalue weighted by atomic mass is 16.5. The van der Waals surface area contributed by atoms with Gasteiger partial charge in [0, 0.05) is 30.2 Å². The van der Waals surface area contributed by atoms with Crippen LogP contribution in [-0.2, 0) is 25.7 Å². The van der Waals surface area contributed by atoms with Gasteiger partial charge in [-0.25, -0.2) is 4.79 Å². The molecule has 1 aromatic carbocycles. The Morgan fingerprint density at radius 3 is 2.59 bits per heavy atom. The molecule has 1 aromatic heterocycles. The molecule has 8 heteroatoms. The van der Waals surface area contributed by atoms with Gasteiger partial charge in [-0.05, 0) is 43.7 Å². The van der Waals surface area contributed by atoms with Crippen molar-refractivity contribution < 1.29 is 19.1 Å². The summed E-state index contributed by atoms with van der Waals surface area (Å²) < 4.78 is 6.47.